The van der Waals surface area contributed by atoms with E-state index >= 15 is 0 Å². The Hall–Kier alpha value is -10.7. The van der Waals surface area contributed by atoms with Crippen LogP contribution in [0.4, 0.5) is 0 Å². The molecule has 15 aliphatic rings. The monoisotopic (exact) mass is 1620 g/mol. The second-order valence-electron chi connectivity index (χ2n) is 39.4. The number of aryl methyl sites for hydroxylation is 10. The maximum Gasteiger partial charge on any atom is 0.216 e. The summed E-state index contributed by atoms with van der Waals surface area (Å²) in [6, 6.07) is 70.3. The van der Waals surface area contributed by atoms with Gasteiger partial charge in [0.25, 0.3) is 0 Å². The van der Waals surface area contributed by atoms with Crippen LogP contribution in [0.15, 0.2) is 231 Å². The average molecular weight is 1620 g/mol. The summed E-state index contributed by atoms with van der Waals surface area (Å²) >= 11 is 0. The van der Waals surface area contributed by atoms with E-state index < -0.39 is 23.8 Å². The molecule has 0 N–H and O–H groups in total. The second kappa shape index (κ2) is 27.4. The summed E-state index contributed by atoms with van der Waals surface area (Å²) in [7, 11) is 10.5. The van der Waals surface area contributed by atoms with E-state index in [1.807, 2.05) is 49.0 Å². The minimum atomic E-state index is -1.97. The van der Waals surface area contributed by atoms with E-state index in [0.29, 0.717) is 33.1 Å². The van der Waals surface area contributed by atoms with Crippen LogP contribution in [0.5, 0.6) is 28.7 Å². The molecule has 0 bridgehead atoms. The smallest absolute Gasteiger partial charge is 0.216 e. The molecule has 7 aromatic carbocycles. The van der Waals surface area contributed by atoms with Gasteiger partial charge >= 0.3 is 0 Å². The van der Waals surface area contributed by atoms with Gasteiger partial charge in [-0.05, 0) is 243 Å². The van der Waals surface area contributed by atoms with Gasteiger partial charge in [0.15, 0.2) is 31.0 Å². The maximum absolute atomic E-state index is 9.21. The highest BCUT2D eigenvalue weighted by molar-refractivity contribution is 5.80. The number of nitrogens with zero attached hydrogens (tertiary/aromatic N) is 5. The van der Waals surface area contributed by atoms with Gasteiger partial charge in [0.2, 0.25) is 28.5 Å². The second-order valence-corrected chi connectivity index (χ2v) is 39.4. The summed E-state index contributed by atoms with van der Waals surface area (Å²) in [6.45, 7) is 10.9. The molecule has 5 aromatic heterocycles. The molecular weight excluding hydrogens is 1500 g/mol. The van der Waals surface area contributed by atoms with Crippen LogP contribution < -0.4 is 46.5 Å². The van der Waals surface area contributed by atoms with Crippen LogP contribution in [0.2, 0.25) is 0 Å². The Morgan fingerprint density at radius 1 is 0.230 bits per heavy atom. The van der Waals surface area contributed by atoms with Gasteiger partial charge in [0.1, 0.15) is 92.0 Å². The first kappa shape index (κ1) is 71.8. The van der Waals surface area contributed by atoms with Crippen molar-refractivity contribution in [2.45, 2.75) is 250 Å². The lowest BCUT2D eigenvalue weighted by Gasteiger charge is -2.38. The third-order valence-corrected chi connectivity index (χ3v) is 32.7. The summed E-state index contributed by atoms with van der Waals surface area (Å²) in [5.41, 5.74) is 28.1. The van der Waals surface area contributed by atoms with Crippen molar-refractivity contribution in [2.24, 2.45) is 35.2 Å². The predicted molar refractivity (Wildman–Crippen MR) is 479 cm³/mol. The molecule has 5 aliphatic heterocycles. The van der Waals surface area contributed by atoms with Crippen molar-refractivity contribution < 1.29 is 52.0 Å². The van der Waals surface area contributed by atoms with Crippen molar-refractivity contribution in [3.8, 4) is 85.0 Å². The van der Waals surface area contributed by atoms with Crippen LogP contribution in [0.25, 0.3) is 56.3 Å². The van der Waals surface area contributed by atoms with Crippen LogP contribution in [-0.4, -0.2) is 28.0 Å². The normalized spacial score (nSPS) is 22.5. The van der Waals surface area contributed by atoms with Crippen molar-refractivity contribution in [3.05, 3.63) is 309 Å². The van der Waals surface area contributed by atoms with Crippen LogP contribution in [0, 0.1) is 34.6 Å². The van der Waals surface area contributed by atoms with Crippen LogP contribution in [0.3, 0.4) is 0 Å². The van der Waals surface area contributed by atoms with Gasteiger partial charge < -0.3 is 23.7 Å². The number of hydrogen-bond acceptors (Lipinski definition) is 5. The molecule has 8 fully saturated rings. The third kappa shape index (κ3) is 11.1. The predicted octanol–water partition coefficient (Wildman–Crippen LogP) is 21.2. The van der Waals surface area contributed by atoms with Crippen molar-refractivity contribution in [3.63, 3.8) is 0 Å². The molecule has 0 radical (unpaired) electrons. The molecule has 616 valence electrons. The molecule has 122 heavy (non-hydrogen) atoms. The lowest BCUT2D eigenvalue weighted by atomic mass is 9.71. The standard InChI is InChI=1S/2C25H24NO.C22H26NO.C21H24NO.C19H20NO/c2*1-17-10-11-20-23(22(17)21-9-5-6-14-26(21)2)27-25(24(20)12-13-24)15-18-7-3-4-8-19(18)16-25;1-16-9-10-17-20(19(16)18-8-4-7-15-23(18)2)24-22(21(17)13-14-21)11-5-3-6-12-22;1-15-8-9-16-19(18(15)17-7-3-6-14-22(17)2)23-21(10-4-5-11-21)20(16)12-13-20;1-13-6-7-14-17(16(13)15-5-3-4-12-20(15)2)21-19(10-11-19)18(14)8-9-18/h2*3-11,14H,12-13,15-16H2,1-2H3;4,7-10,15H,3,5-6,11-14H2,1-2H3;3,6-9,14H,4-5,10-13H2,1-2H3;3-7,12H,8-11H2,1-2H3/q5*+1/i15D2,16D2;;;;. The lowest BCUT2D eigenvalue weighted by Crippen LogP contribution is -2.44. The molecule has 12 aromatic rings. The van der Waals surface area contributed by atoms with E-state index in [4.69, 9.17) is 23.7 Å². The van der Waals surface area contributed by atoms with Gasteiger partial charge in [0.05, 0.1) is 27.8 Å². The number of benzene rings is 7. The first-order chi connectivity index (χ1) is 60.8. The van der Waals surface area contributed by atoms with Crippen molar-refractivity contribution in [2.75, 3.05) is 0 Å². The van der Waals surface area contributed by atoms with Gasteiger partial charge in [0, 0.05) is 147 Å². The Balaban J connectivity index is 0.0000000911. The zero-order valence-corrected chi connectivity index (χ0v) is 73.0. The minimum Gasteiger partial charge on any atom is -0.485 e. The summed E-state index contributed by atoms with van der Waals surface area (Å²) in [6.07, 6.45) is 34.5. The SMILES string of the molecule is Cc1ccc2c(c1-c1cccc[n+]1C)OC1(CC1)C21CC1.Cc1ccc2c(c1-c1cccc[n+]1C)OC1(CCCC1)C21CC1.Cc1ccc2c(c1-c1cccc[n+]1C)OC1(CCCCC1)C21CC1.Cc1ccc2c(c1-c1cccc[n+]1C)OC1(Cc3ccccc3C1)C21CC1.[2H]C1([2H])c2ccccc2C([2H])([2H])C12Oc1c(ccc(C)c1-c1cccc[n+]1C)C21CC1. The molecule has 0 unspecified atom stereocenters. The average Bonchev–Trinajstić information content (AvgIpc) is 1.45. The molecule has 8 saturated carbocycles. The molecule has 0 amide bonds. The van der Waals surface area contributed by atoms with Crippen LogP contribution >= 0.6 is 0 Å². The largest absolute Gasteiger partial charge is 0.485 e. The minimum absolute atomic E-state index is 0.0868. The Bertz CT molecular complexity index is 6480. The molecule has 10 aliphatic carbocycles. The lowest BCUT2D eigenvalue weighted by molar-refractivity contribution is -0.660. The molecule has 10 heteroatoms. The first-order valence-corrected chi connectivity index (χ1v) is 45.9. The number of hydrogen-bond donors (Lipinski definition) is 0. The number of fused-ring (bicyclic) bond motifs is 17. The Morgan fingerprint density at radius 3 is 0.713 bits per heavy atom. The Morgan fingerprint density at radius 2 is 0.451 bits per heavy atom. The number of pyridine rings is 5. The summed E-state index contributed by atoms with van der Waals surface area (Å²) in [5, 5.41) is 0. The van der Waals surface area contributed by atoms with Gasteiger partial charge in [-0.2, -0.15) is 0 Å². The molecule has 10 spiro atoms. The fourth-order valence-corrected chi connectivity index (χ4v) is 25.4. The molecule has 10 nitrogen and oxygen atoms in total. The van der Waals surface area contributed by atoms with E-state index in [0.717, 1.165) is 53.8 Å². The van der Waals surface area contributed by atoms with Crippen LogP contribution in [0.1, 0.15) is 218 Å². The van der Waals surface area contributed by atoms with Crippen molar-refractivity contribution >= 4 is 0 Å². The highest BCUT2D eigenvalue weighted by Crippen LogP contribution is 2.75. The van der Waals surface area contributed by atoms with Gasteiger partial charge in [-0.25, -0.2) is 22.8 Å². The number of ether oxygens (including phenoxy) is 5. The molecular formula is C112H118N5O5+5. The topological polar surface area (TPSA) is 65.5 Å². The number of aromatic nitrogens is 5. The van der Waals surface area contributed by atoms with E-state index in [1.165, 1.54) is 240 Å². The zero-order valence-electron chi connectivity index (χ0n) is 77.0. The fourth-order valence-electron chi connectivity index (χ4n) is 25.4. The third-order valence-electron chi connectivity index (χ3n) is 32.7. The zero-order chi connectivity index (χ0) is 86.3. The van der Waals surface area contributed by atoms with E-state index in [9.17, 15) is 5.48 Å². The maximum atomic E-state index is 9.21. The molecule has 10 heterocycles. The highest BCUT2D eigenvalue weighted by Gasteiger charge is 2.75. The van der Waals surface area contributed by atoms with Gasteiger partial charge in [-0.3, -0.25) is 0 Å². The van der Waals surface area contributed by atoms with E-state index in [2.05, 4.69) is 251 Å². The summed E-state index contributed by atoms with van der Waals surface area (Å²) < 4.78 is 81.8. The number of rotatable bonds is 5. The van der Waals surface area contributed by atoms with Crippen molar-refractivity contribution in [1.29, 1.82) is 0 Å². The highest BCUT2D eigenvalue weighted by atomic mass is 16.5. The van der Waals surface area contributed by atoms with E-state index in [-0.39, 0.29) is 27.8 Å². The fraction of sp³-hybridized carbons (Fsp3) is 0.402. The quantitative estimate of drug-likeness (QED) is 0.161. The van der Waals surface area contributed by atoms with Crippen molar-refractivity contribution in [1.82, 2.24) is 0 Å². The first-order valence-electron chi connectivity index (χ1n) is 47.9. The Labute approximate surface area is 727 Å². The van der Waals surface area contributed by atoms with E-state index in [1.54, 1.807) is 24.3 Å². The van der Waals surface area contributed by atoms with Crippen LogP contribution in [-0.2, 0) is 87.9 Å². The molecule has 0 atom stereocenters. The summed E-state index contributed by atoms with van der Waals surface area (Å²) in [5.74, 6) is 5.33. The van der Waals surface area contributed by atoms with Gasteiger partial charge in [-0.1, -0.05) is 116 Å². The molecule has 0 saturated heterocycles. The van der Waals surface area contributed by atoms with Gasteiger partial charge in [-0.15, -0.1) is 0 Å². The summed E-state index contributed by atoms with van der Waals surface area (Å²) in [4.78, 5) is 0. The molecule has 27 rings (SSSR count). The Kier molecular flexibility index (Phi) is 16.1.